The Balaban J connectivity index is 1.66. The fourth-order valence-electron chi connectivity index (χ4n) is 2.14. The third kappa shape index (κ3) is 3.20. The van der Waals surface area contributed by atoms with Gasteiger partial charge < -0.3 is 16.4 Å². The summed E-state index contributed by atoms with van der Waals surface area (Å²) in [4.78, 5) is 11.8. The molecule has 118 valence electrons. The minimum atomic E-state index is -0.584. The first-order valence-electron chi connectivity index (χ1n) is 6.75. The number of anilines is 2. The van der Waals surface area contributed by atoms with Gasteiger partial charge in [-0.25, -0.2) is 13.6 Å². The number of nitrogens with zero attached hydrogens (tertiary/aromatic N) is 1. The lowest BCUT2D eigenvalue weighted by Gasteiger charge is -2.08. The molecule has 1 aromatic heterocycles. The molecule has 2 aromatic carbocycles. The van der Waals surface area contributed by atoms with E-state index in [1.165, 1.54) is 0 Å². The summed E-state index contributed by atoms with van der Waals surface area (Å²) in [5.74, 6) is -0.824. The number of nitrogens with one attached hydrogen (secondary N) is 3. The van der Waals surface area contributed by atoms with Gasteiger partial charge in [-0.2, -0.15) is 5.10 Å². The Labute approximate surface area is 129 Å². The quantitative estimate of drug-likeness (QED) is 0.598. The number of nitrogen functional groups attached to an aromatic ring is 1. The van der Waals surface area contributed by atoms with E-state index in [2.05, 4.69) is 20.8 Å². The molecule has 6 nitrogen and oxygen atoms in total. The second-order valence-corrected chi connectivity index (χ2v) is 4.91. The van der Waals surface area contributed by atoms with Crippen LogP contribution in [-0.4, -0.2) is 16.2 Å². The molecule has 0 aliphatic heterocycles. The molecule has 0 spiro atoms. The maximum Gasteiger partial charge on any atom is 0.319 e. The van der Waals surface area contributed by atoms with Crippen LogP contribution in [0.5, 0.6) is 0 Å². The van der Waals surface area contributed by atoms with E-state index in [9.17, 15) is 13.6 Å². The van der Waals surface area contributed by atoms with E-state index >= 15 is 0 Å². The van der Waals surface area contributed by atoms with Crippen molar-refractivity contribution in [2.75, 3.05) is 11.1 Å². The molecule has 23 heavy (non-hydrogen) atoms. The summed E-state index contributed by atoms with van der Waals surface area (Å²) in [6.45, 7) is -0.133. The first-order valence-corrected chi connectivity index (χ1v) is 6.75. The standard InChI is InChI=1S/C15H13F2N5O/c16-9-1-3-12(17)8(5-9)7-19-15(23)20-10-2-4-13-11(6-10)14(18)22-21-13/h1-6H,7H2,(H3,18,21,22)(H2,19,20,23). The molecule has 5 N–H and O–H groups in total. The summed E-state index contributed by atoms with van der Waals surface area (Å²) in [7, 11) is 0. The maximum absolute atomic E-state index is 13.5. The molecule has 0 unspecified atom stereocenters. The Morgan fingerprint density at radius 3 is 2.87 bits per heavy atom. The van der Waals surface area contributed by atoms with Crippen molar-refractivity contribution in [2.24, 2.45) is 0 Å². The minimum Gasteiger partial charge on any atom is -0.382 e. The van der Waals surface area contributed by atoms with Crippen LogP contribution in [0.3, 0.4) is 0 Å². The predicted molar refractivity (Wildman–Crippen MR) is 82.7 cm³/mol. The van der Waals surface area contributed by atoms with Crippen molar-refractivity contribution in [1.29, 1.82) is 0 Å². The monoisotopic (exact) mass is 317 g/mol. The Hall–Kier alpha value is -3.16. The number of hydrogen-bond donors (Lipinski definition) is 4. The number of amides is 2. The molecule has 0 atom stereocenters. The lowest BCUT2D eigenvalue weighted by atomic mass is 10.2. The number of H-pyrrole nitrogens is 1. The second kappa shape index (κ2) is 5.91. The number of benzene rings is 2. The molecule has 3 aromatic rings. The minimum absolute atomic E-state index is 0.0645. The van der Waals surface area contributed by atoms with Crippen LogP contribution in [-0.2, 0) is 6.54 Å². The molecule has 2 amide bonds. The molecule has 0 saturated carbocycles. The molecule has 0 radical (unpaired) electrons. The summed E-state index contributed by atoms with van der Waals surface area (Å²) >= 11 is 0. The number of rotatable bonds is 3. The van der Waals surface area contributed by atoms with Gasteiger partial charge in [-0.15, -0.1) is 0 Å². The summed E-state index contributed by atoms with van der Waals surface area (Å²) in [6.07, 6.45) is 0. The lowest BCUT2D eigenvalue weighted by Crippen LogP contribution is -2.28. The number of aromatic amines is 1. The largest absolute Gasteiger partial charge is 0.382 e. The third-order valence-corrected chi connectivity index (χ3v) is 3.30. The average Bonchev–Trinajstić information content (AvgIpc) is 2.89. The van der Waals surface area contributed by atoms with Crippen molar-refractivity contribution in [1.82, 2.24) is 15.5 Å². The normalized spacial score (nSPS) is 10.7. The maximum atomic E-state index is 13.5. The second-order valence-electron chi connectivity index (χ2n) is 4.91. The molecule has 0 aliphatic carbocycles. The van der Waals surface area contributed by atoms with Gasteiger partial charge in [-0.05, 0) is 36.4 Å². The summed E-state index contributed by atoms with van der Waals surface area (Å²) in [6, 6.07) is 7.58. The first kappa shape index (κ1) is 14.8. The van der Waals surface area contributed by atoms with Gasteiger partial charge in [0.2, 0.25) is 0 Å². The number of aromatic nitrogens is 2. The number of urea groups is 1. The fraction of sp³-hybridized carbons (Fsp3) is 0.0667. The van der Waals surface area contributed by atoms with E-state index in [-0.39, 0.29) is 12.1 Å². The number of halogens is 2. The van der Waals surface area contributed by atoms with Gasteiger partial charge in [0.1, 0.15) is 11.6 Å². The number of carbonyl (C=O) groups is 1. The Morgan fingerprint density at radius 1 is 1.22 bits per heavy atom. The van der Waals surface area contributed by atoms with Gasteiger partial charge >= 0.3 is 6.03 Å². The summed E-state index contributed by atoms with van der Waals surface area (Å²) < 4.78 is 26.5. The molecular formula is C15H13F2N5O. The fourth-order valence-corrected chi connectivity index (χ4v) is 2.14. The zero-order valence-electron chi connectivity index (χ0n) is 11.9. The van der Waals surface area contributed by atoms with Gasteiger partial charge in [0, 0.05) is 23.2 Å². The van der Waals surface area contributed by atoms with Gasteiger partial charge in [-0.3, -0.25) is 5.10 Å². The molecule has 1 heterocycles. The number of hydrogen-bond acceptors (Lipinski definition) is 3. The highest BCUT2D eigenvalue weighted by atomic mass is 19.1. The van der Waals surface area contributed by atoms with Gasteiger partial charge in [-0.1, -0.05) is 0 Å². The molecule has 0 saturated heterocycles. The summed E-state index contributed by atoms with van der Waals surface area (Å²) in [5, 5.41) is 12.3. The highest BCUT2D eigenvalue weighted by Gasteiger charge is 2.08. The Kier molecular flexibility index (Phi) is 3.80. The predicted octanol–water partition coefficient (Wildman–Crippen LogP) is 2.75. The highest BCUT2D eigenvalue weighted by Crippen LogP contribution is 2.21. The number of nitrogens with two attached hydrogens (primary N) is 1. The molecular weight excluding hydrogens is 304 g/mol. The first-order chi connectivity index (χ1) is 11.0. The van der Waals surface area contributed by atoms with E-state index in [4.69, 9.17) is 5.73 Å². The van der Waals surface area contributed by atoms with Crippen LogP contribution in [0, 0.1) is 11.6 Å². The summed E-state index contributed by atoms with van der Waals surface area (Å²) in [5.41, 5.74) is 7.01. The molecule has 3 rings (SSSR count). The van der Waals surface area contributed by atoms with Crippen LogP contribution < -0.4 is 16.4 Å². The van der Waals surface area contributed by atoms with Gasteiger partial charge in [0.15, 0.2) is 5.82 Å². The Morgan fingerprint density at radius 2 is 2.04 bits per heavy atom. The molecule has 0 fully saturated rings. The van der Waals surface area contributed by atoms with Crippen molar-refractivity contribution in [2.45, 2.75) is 6.54 Å². The van der Waals surface area contributed by atoms with Gasteiger partial charge in [0.25, 0.3) is 0 Å². The smallest absolute Gasteiger partial charge is 0.319 e. The van der Waals surface area contributed by atoms with Crippen molar-refractivity contribution in [3.63, 3.8) is 0 Å². The van der Waals surface area contributed by atoms with Crippen molar-refractivity contribution >= 4 is 28.4 Å². The number of carbonyl (C=O) groups excluding carboxylic acids is 1. The highest BCUT2D eigenvalue weighted by molar-refractivity contribution is 5.95. The zero-order valence-corrected chi connectivity index (χ0v) is 11.9. The topological polar surface area (TPSA) is 95.8 Å². The van der Waals surface area contributed by atoms with E-state index in [0.29, 0.717) is 16.9 Å². The van der Waals surface area contributed by atoms with Crippen LogP contribution in [0.25, 0.3) is 10.9 Å². The van der Waals surface area contributed by atoms with E-state index in [1.54, 1.807) is 18.2 Å². The SMILES string of the molecule is Nc1n[nH]c2ccc(NC(=O)NCc3cc(F)ccc3F)cc12. The van der Waals surface area contributed by atoms with Crippen molar-refractivity contribution < 1.29 is 13.6 Å². The van der Waals surface area contributed by atoms with Crippen molar-refractivity contribution in [3.05, 3.63) is 53.6 Å². The molecule has 0 bridgehead atoms. The average molecular weight is 317 g/mol. The van der Waals surface area contributed by atoms with E-state index < -0.39 is 17.7 Å². The van der Waals surface area contributed by atoms with Gasteiger partial charge in [0.05, 0.1) is 5.52 Å². The Bertz CT molecular complexity index is 877. The van der Waals surface area contributed by atoms with Crippen LogP contribution >= 0.6 is 0 Å². The lowest BCUT2D eigenvalue weighted by molar-refractivity contribution is 0.251. The van der Waals surface area contributed by atoms with Crippen LogP contribution in [0.1, 0.15) is 5.56 Å². The number of fused-ring (bicyclic) bond motifs is 1. The van der Waals surface area contributed by atoms with Crippen LogP contribution in [0.4, 0.5) is 25.1 Å². The zero-order chi connectivity index (χ0) is 16.4. The van der Waals surface area contributed by atoms with Crippen LogP contribution in [0.15, 0.2) is 36.4 Å². The molecule has 8 heteroatoms. The third-order valence-electron chi connectivity index (χ3n) is 3.30. The molecule has 0 aliphatic rings. The van der Waals surface area contributed by atoms with Crippen molar-refractivity contribution in [3.8, 4) is 0 Å². The van der Waals surface area contributed by atoms with Crippen LogP contribution in [0.2, 0.25) is 0 Å². The van der Waals surface area contributed by atoms with E-state index in [0.717, 1.165) is 23.7 Å². The van der Waals surface area contributed by atoms with E-state index in [1.807, 2.05) is 0 Å².